The van der Waals surface area contributed by atoms with Crippen molar-refractivity contribution in [2.45, 2.75) is 33.0 Å². The van der Waals surface area contributed by atoms with Crippen LogP contribution in [0.2, 0.25) is 0 Å². The Hall–Kier alpha value is -1.13. The Bertz CT molecular complexity index is 375. The van der Waals surface area contributed by atoms with Gasteiger partial charge in [0.1, 0.15) is 18.2 Å². The van der Waals surface area contributed by atoms with Gasteiger partial charge in [-0.15, -0.1) is 0 Å². The summed E-state index contributed by atoms with van der Waals surface area (Å²) in [4.78, 5) is 0. The summed E-state index contributed by atoms with van der Waals surface area (Å²) in [5, 5.41) is 18.9. The number of benzene rings is 1. The summed E-state index contributed by atoms with van der Waals surface area (Å²) in [7, 11) is 0. The van der Waals surface area contributed by atoms with E-state index in [-0.39, 0.29) is 19.1 Å². The predicted molar refractivity (Wildman–Crippen MR) is 63.3 cm³/mol. The zero-order chi connectivity index (χ0) is 13.1. The van der Waals surface area contributed by atoms with E-state index in [2.05, 4.69) is 0 Å². The van der Waals surface area contributed by atoms with E-state index < -0.39 is 11.4 Å². The summed E-state index contributed by atoms with van der Waals surface area (Å²) in [5.74, 6) is -0.112. The number of aliphatic hydroxyl groups excluding tert-OH is 1. The Labute approximate surface area is 101 Å². The number of hydrogen-bond acceptors (Lipinski definition) is 3. The molecular formula is C13H19FO3. The van der Waals surface area contributed by atoms with Gasteiger partial charge in [-0.3, -0.25) is 0 Å². The highest BCUT2D eigenvalue weighted by atomic mass is 19.1. The average molecular weight is 242 g/mol. The monoisotopic (exact) mass is 242 g/mol. The van der Waals surface area contributed by atoms with E-state index in [1.54, 1.807) is 13.0 Å². The SMILES string of the molecule is CC(C)C(C)(O)COc1cc(F)cc(CO)c1. The van der Waals surface area contributed by atoms with Gasteiger partial charge in [0, 0.05) is 6.07 Å². The fraction of sp³-hybridized carbons (Fsp3) is 0.538. The van der Waals surface area contributed by atoms with Crippen LogP contribution < -0.4 is 4.74 Å². The van der Waals surface area contributed by atoms with Crippen molar-refractivity contribution < 1.29 is 19.3 Å². The minimum absolute atomic E-state index is 0.0355. The Morgan fingerprint density at radius 3 is 2.53 bits per heavy atom. The second kappa shape index (κ2) is 5.47. The molecule has 3 nitrogen and oxygen atoms in total. The van der Waals surface area contributed by atoms with Crippen LogP contribution in [0.25, 0.3) is 0 Å². The standard InChI is InChI=1S/C13H19FO3/c1-9(2)13(3,16)8-17-12-5-10(7-15)4-11(14)6-12/h4-6,9,15-16H,7-8H2,1-3H3. The molecule has 0 aromatic heterocycles. The molecule has 1 aromatic carbocycles. The van der Waals surface area contributed by atoms with Crippen molar-refractivity contribution in [3.05, 3.63) is 29.6 Å². The molecule has 0 fully saturated rings. The summed E-state index contributed by atoms with van der Waals surface area (Å²) in [6, 6.07) is 4.03. The number of hydrogen-bond donors (Lipinski definition) is 2. The van der Waals surface area contributed by atoms with Gasteiger partial charge < -0.3 is 14.9 Å². The summed E-state index contributed by atoms with van der Waals surface area (Å²) in [5.41, 5.74) is -0.518. The van der Waals surface area contributed by atoms with Gasteiger partial charge in [-0.2, -0.15) is 0 Å². The van der Waals surface area contributed by atoms with Gasteiger partial charge in [0.25, 0.3) is 0 Å². The molecule has 0 aliphatic heterocycles. The van der Waals surface area contributed by atoms with E-state index in [0.717, 1.165) is 0 Å². The first-order valence-corrected chi connectivity index (χ1v) is 5.60. The molecular weight excluding hydrogens is 223 g/mol. The maximum absolute atomic E-state index is 13.1. The first kappa shape index (κ1) is 13.9. The molecule has 0 radical (unpaired) electrons. The highest BCUT2D eigenvalue weighted by Crippen LogP contribution is 2.21. The van der Waals surface area contributed by atoms with Crippen LogP contribution in [0.3, 0.4) is 0 Å². The van der Waals surface area contributed by atoms with Crippen molar-refractivity contribution in [3.63, 3.8) is 0 Å². The maximum atomic E-state index is 13.1. The fourth-order valence-electron chi connectivity index (χ4n) is 1.19. The Balaban J connectivity index is 2.72. The van der Waals surface area contributed by atoms with Crippen molar-refractivity contribution in [1.82, 2.24) is 0 Å². The molecule has 1 atom stereocenters. The number of aliphatic hydroxyl groups is 2. The van der Waals surface area contributed by atoms with Crippen LogP contribution in [0.4, 0.5) is 4.39 Å². The molecule has 0 saturated heterocycles. The molecule has 17 heavy (non-hydrogen) atoms. The van der Waals surface area contributed by atoms with Crippen LogP contribution in [-0.4, -0.2) is 22.4 Å². The molecule has 2 N–H and O–H groups in total. The van der Waals surface area contributed by atoms with Crippen LogP contribution in [0.15, 0.2) is 18.2 Å². The first-order chi connectivity index (χ1) is 7.85. The molecule has 0 amide bonds. The van der Waals surface area contributed by atoms with E-state index in [4.69, 9.17) is 9.84 Å². The summed E-state index contributed by atoms with van der Waals surface area (Å²) >= 11 is 0. The van der Waals surface area contributed by atoms with Crippen molar-refractivity contribution >= 4 is 0 Å². The molecule has 1 rings (SSSR count). The molecule has 4 heteroatoms. The van der Waals surface area contributed by atoms with Gasteiger partial charge in [-0.1, -0.05) is 13.8 Å². The van der Waals surface area contributed by atoms with Gasteiger partial charge in [-0.25, -0.2) is 4.39 Å². The zero-order valence-corrected chi connectivity index (χ0v) is 10.4. The zero-order valence-electron chi connectivity index (χ0n) is 10.4. The second-order valence-electron chi connectivity index (χ2n) is 4.75. The third-order valence-corrected chi connectivity index (χ3v) is 2.89. The van der Waals surface area contributed by atoms with Gasteiger partial charge in [-0.05, 0) is 30.5 Å². The van der Waals surface area contributed by atoms with Crippen LogP contribution >= 0.6 is 0 Å². The molecule has 96 valence electrons. The fourth-order valence-corrected chi connectivity index (χ4v) is 1.19. The van der Waals surface area contributed by atoms with E-state index in [9.17, 15) is 9.50 Å². The lowest BCUT2D eigenvalue weighted by Gasteiger charge is -2.27. The normalized spacial score (nSPS) is 14.8. The third kappa shape index (κ3) is 3.98. The largest absolute Gasteiger partial charge is 0.490 e. The molecule has 0 saturated carbocycles. The molecule has 0 heterocycles. The highest BCUT2D eigenvalue weighted by Gasteiger charge is 2.25. The minimum atomic E-state index is -0.967. The Kier molecular flexibility index (Phi) is 4.48. The van der Waals surface area contributed by atoms with Gasteiger partial charge in [0.2, 0.25) is 0 Å². The predicted octanol–water partition coefficient (Wildman–Crippen LogP) is 2.10. The number of ether oxygens (including phenoxy) is 1. The average Bonchev–Trinajstić information content (AvgIpc) is 2.25. The maximum Gasteiger partial charge on any atom is 0.127 e. The number of rotatable bonds is 5. The number of halogens is 1. The van der Waals surface area contributed by atoms with Crippen LogP contribution in [0, 0.1) is 11.7 Å². The summed E-state index contributed by atoms with van der Waals surface area (Å²) in [6.45, 7) is 5.28. The van der Waals surface area contributed by atoms with E-state index >= 15 is 0 Å². The molecule has 0 bridgehead atoms. The lowest BCUT2D eigenvalue weighted by Crippen LogP contribution is -2.37. The van der Waals surface area contributed by atoms with E-state index in [1.807, 2.05) is 13.8 Å². The van der Waals surface area contributed by atoms with Crippen molar-refractivity contribution in [3.8, 4) is 5.75 Å². The van der Waals surface area contributed by atoms with Gasteiger partial charge >= 0.3 is 0 Å². The topological polar surface area (TPSA) is 49.7 Å². The summed E-state index contributed by atoms with van der Waals surface area (Å²) < 4.78 is 18.5. The molecule has 0 aliphatic carbocycles. The molecule has 1 aromatic rings. The lowest BCUT2D eigenvalue weighted by molar-refractivity contribution is -0.0267. The summed E-state index contributed by atoms with van der Waals surface area (Å²) in [6.07, 6.45) is 0. The van der Waals surface area contributed by atoms with E-state index in [0.29, 0.717) is 11.3 Å². The van der Waals surface area contributed by atoms with Gasteiger partial charge in [0.15, 0.2) is 0 Å². The lowest BCUT2D eigenvalue weighted by atomic mass is 9.94. The van der Waals surface area contributed by atoms with Crippen LogP contribution in [0.5, 0.6) is 5.75 Å². The minimum Gasteiger partial charge on any atom is -0.490 e. The second-order valence-corrected chi connectivity index (χ2v) is 4.75. The molecule has 0 aliphatic rings. The Morgan fingerprint density at radius 1 is 1.35 bits per heavy atom. The van der Waals surface area contributed by atoms with Crippen LogP contribution in [-0.2, 0) is 6.61 Å². The van der Waals surface area contributed by atoms with Crippen molar-refractivity contribution in [2.24, 2.45) is 5.92 Å². The third-order valence-electron chi connectivity index (χ3n) is 2.89. The smallest absolute Gasteiger partial charge is 0.127 e. The van der Waals surface area contributed by atoms with Crippen LogP contribution in [0.1, 0.15) is 26.3 Å². The molecule has 0 spiro atoms. The highest BCUT2D eigenvalue weighted by molar-refractivity contribution is 5.29. The molecule has 1 unspecified atom stereocenters. The van der Waals surface area contributed by atoms with Crippen molar-refractivity contribution in [1.29, 1.82) is 0 Å². The first-order valence-electron chi connectivity index (χ1n) is 5.60. The van der Waals surface area contributed by atoms with Gasteiger partial charge in [0.05, 0.1) is 12.2 Å². The van der Waals surface area contributed by atoms with E-state index in [1.165, 1.54) is 12.1 Å². The Morgan fingerprint density at radius 2 is 2.00 bits per heavy atom. The van der Waals surface area contributed by atoms with Crippen molar-refractivity contribution in [2.75, 3.05) is 6.61 Å². The quantitative estimate of drug-likeness (QED) is 0.831.